The highest BCUT2D eigenvalue weighted by molar-refractivity contribution is 7.13. The van der Waals surface area contributed by atoms with Crippen molar-refractivity contribution in [3.05, 3.63) is 51.0 Å². The quantitative estimate of drug-likeness (QED) is 0.623. The van der Waals surface area contributed by atoms with E-state index in [1.165, 1.54) is 29.8 Å². The molecule has 8 heteroatoms. The summed E-state index contributed by atoms with van der Waals surface area (Å²) < 4.78 is 0. The van der Waals surface area contributed by atoms with Gasteiger partial charge in [0.15, 0.2) is 0 Å². The summed E-state index contributed by atoms with van der Waals surface area (Å²) in [5, 5.41) is 15.1. The first-order valence-electron chi connectivity index (χ1n) is 9.44. The molecule has 2 aromatic rings. The van der Waals surface area contributed by atoms with Crippen LogP contribution < -0.4 is 10.6 Å². The molecule has 0 atom stereocenters. The van der Waals surface area contributed by atoms with Crippen LogP contribution in [-0.2, 0) is 11.2 Å². The molecule has 0 saturated heterocycles. The maximum absolute atomic E-state index is 12.2. The number of halogens is 1. The van der Waals surface area contributed by atoms with Gasteiger partial charge in [0.05, 0.1) is 0 Å². The Morgan fingerprint density at radius 1 is 1.18 bits per heavy atom. The van der Waals surface area contributed by atoms with Gasteiger partial charge in [0.1, 0.15) is 5.01 Å². The van der Waals surface area contributed by atoms with E-state index in [9.17, 15) is 9.59 Å². The number of aryl methyl sites for hydroxylation is 1. The maximum atomic E-state index is 12.2. The monoisotopic (exact) mass is 418 g/mol. The molecule has 0 spiro atoms. The molecule has 2 amide bonds. The number of carbonyl (C=O) groups is 2. The van der Waals surface area contributed by atoms with Crippen molar-refractivity contribution in [2.45, 2.75) is 44.9 Å². The zero-order valence-corrected chi connectivity index (χ0v) is 17.1. The van der Waals surface area contributed by atoms with Crippen LogP contribution in [0.15, 0.2) is 35.9 Å². The van der Waals surface area contributed by atoms with E-state index in [2.05, 4.69) is 26.9 Å². The van der Waals surface area contributed by atoms with Crippen LogP contribution in [0.5, 0.6) is 0 Å². The molecule has 0 radical (unpaired) electrons. The minimum atomic E-state index is -0.337. The summed E-state index contributed by atoms with van der Waals surface area (Å²) in [6.07, 6.45) is 8.88. The zero-order chi connectivity index (χ0) is 19.8. The van der Waals surface area contributed by atoms with Crippen LogP contribution >= 0.6 is 22.9 Å². The highest BCUT2D eigenvalue weighted by Crippen LogP contribution is 2.20. The largest absolute Gasteiger partial charge is 0.356 e. The van der Waals surface area contributed by atoms with Crippen molar-refractivity contribution in [2.24, 2.45) is 0 Å². The summed E-state index contributed by atoms with van der Waals surface area (Å²) in [4.78, 5) is 24.2. The van der Waals surface area contributed by atoms with E-state index in [1.807, 2.05) is 0 Å². The second-order valence-corrected chi connectivity index (χ2v) is 8.17. The first-order chi connectivity index (χ1) is 13.6. The van der Waals surface area contributed by atoms with Crippen molar-refractivity contribution in [3.8, 4) is 0 Å². The molecule has 1 aliphatic carbocycles. The number of benzene rings is 1. The summed E-state index contributed by atoms with van der Waals surface area (Å²) in [5.74, 6) is -0.340. The predicted octanol–water partition coefficient (Wildman–Crippen LogP) is 4.38. The molecule has 28 heavy (non-hydrogen) atoms. The molecule has 148 valence electrons. The summed E-state index contributed by atoms with van der Waals surface area (Å²) >= 11 is 7.11. The lowest BCUT2D eigenvalue weighted by atomic mass is 9.97. The number of carbonyl (C=O) groups excluding carboxylic acids is 2. The van der Waals surface area contributed by atoms with Crippen LogP contribution in [0.2, 0.25) is 5.02 Å². The maximum Gasteiger partial charge on any atom is 0.286 e. The summed E-state index contributed by atoms with van der Waals surface area (Å²) in [6, 6.07) is 6.90. The number of rotatable bonds is 8. The van der Waals surface area contributed by atoms with Crippen molar-refractivity contribution in [1.82, 2.24) is 15.5 Å². The molecule has 1 aromatic heterocycles. The highest BCUT2D eigenvalue weighted by atomic mass is 35.5. The van der Waals surface area contributed by atoms with Crippen molar-refractivity contribution in [1.29, 1.82) is 0 Å². The van der Waals surface area contributed by atoms with Gasteiger partial charge in [-0.25, -0.2) is 0 Å². The lowest BCUT2D eigenvalue weighted by Gasteiger charge is -2.12. The number of nitrogens with one attached hydrogen (secondary N) is 2. The smallest absolute Gasteiger partial charge is 0.286 e. The Labute approximate surface area is 173 Å². The molecule has 1 aliphatic rings. The predicted molar refractivity (Wildman–Crippen MR) is 112 cm³/mol. The minimum Gasteiger partial charge on any atom is -0.356 e. The average molecular weight is 419 g/mol. The van der Waals surface area contributed by atoms with E-state index in [1.54, 1.807) is 24.3 Å². The van der Waals surface area contributed by atoms with Crippen molar-refractivity contribution >= 4 is 40.4 Å². The number of hydrogen-bond acceptors (Lipinski definition) is 5. The third-order valence-corrected chi connectivity index (χ3v) is 5.68. The van der Waals surface area contributed by atoms with Gasteiger partial charge in [-0.15, -0.1) is 10.2 Å². The van der Waals surface area contributed by atoms with Crippen LogP contribution in [0.25, 0.3) is 0 Å². The SMILES string of the molecule is O=C(CCc1nnc(C(=O)Nc2cccc(Cl)c2)s1)NCCC1=CCCCC1. The van der Waals surface area contributed by atoms with Gasteiger partial charge >= 0.3 is 0 Å². The van der Waals surface area contributed by atoms with Gasteiger partial charge in [0, 0.05) is 30.1 Å². The van der Waals surface area contributed by atoms with Gasteiger partial charge in [0.25, 0.3) is 5.91 Å². The summed E-state index contributed by atoms with van der Waals surface area (Å²) in [7, 11) is 0. The molecular formula is C20H23ClN4O2S. The lowest BCUT2D eigenvalue weighted by molar-refractivity contribution is -0.121. The Morgan fingerprint density at radius 3 is 2.86 bits per heavy atom. The van der Waals surface area contributed by atoms with Gasteiger partial charge in [-0.05, 0) is 50.3 Å². The molecule has 2 N–H and O–H groups in total. The van der Waals surface area contributed by atoms with E-state index in [4.69, 9.17) is 11.6 Å². The van der Waals surface area contributed by atoms with E-state index in [0.717, 1.165) is 19.3 Å². The number of allylic oxidation sites excluding steroid dienone is 1. The molecule has 0 unspecified atom stereocenters. The molecular weight excluding hydrogens is 396 g/mol. The molecule has 3 rings (SSSR count). The van der Waals surface area contributed by atoms with Crippen LogP contribution in [0.4, 0.5) is 5.69 Å². The molecule has 6 nitrogen and oxygen atoms in total. The standard InChI is InChI=1S/C20H23ClN4O2S/c21-15-7-4-8-16(13-15)23-19(27)20-25-24-18(28-20)10-9-17(26)22-12-11-14-5-2-1-3-6-14/h4-5,7-8,13H,1-3,6,9-12H2,(H,22,26)(H,23,27). The fourth-order valence-corrected chi connectivity index (χ4v) is 3.92. The number of anilines is 1. The lowest BCUT2D eigenvalue weighted by Crippen LogP contribution is -2.25. The van der Waals surface area contributed by atoms with Crippen molar-refractivity contribution < 1.29 is 9.59 Å². The first-order valence-corrected chi connectivity index (χ1v) is 10.6. The molecule has 0 saturated carbocycles. The number of aromatic nitrogens is 2. The Balaban J connectivity index is 1.40. The Bertz CT molecular complexity index is 865. The van der Waals surface area contributed by atoms with Crippen LogP contribution in [0, 0.1) is 0 Å². The topological polar surface area (TPSA) is 84.0 Å². The number of amides is 2. The van der Waals surface area contributed by atoms with Gasteiger partial charge in [-0.2, -0.15) is 0 Å². The van der Waals surface area contributed by atoms with Gasteiger partial charge in [-0.1, -0.05) is 40.7 Å². The highest BCUT2D eigenvalue weighted by Gasteiger charge is 2.14. The van der Waals surface area contributed by atoms with Crippen molar-refractivity contribution in [2.75, 3.05) is 11.9 Å². The second kappa shape index (κ2) is 10.3. The van der Waals surface area contributed by atoms with Gasteiger partial charge in [-0.3, -0.25) is 9.59 Å². The minimum absolute atomic E-state index is 0.00321. The molecule has 0 bridgehead atoms. The molecule has 0 aliphatic heterocycles. The van der Waals surface area contributed by atoms with Gasteiger partial charge in [0.2, 0.25) is 10.9 Å². The molecule has 0 fully saturated rings. The Morgan fingerprint density at radius 2 is 2.07 bits per heavy atom. The second-order valence-electron chi connectivity index (χ2n) is 6.67. The third-order valence-electron chi connectivity index (χ3n) is 4.46. The van der Waals surface area contributed by atoms with Crippen LogP contribution in [0.3, 0.4) is 0 Å². The third kappa shape index (κ3) is 6.42. The van der Waals surface area contributed by atoms with E-state index in [-0.39, 0.29) is 16.8 Å². The zero-order valence-electron chi connectivity index (χ0n) is 15.5. The van der Waals surface area contributed by atoms with Crippen LogP contribution in [0.1, 0.15) is 53.3 Å². The fraction of sp³-hybridized carbons (Fsp3) is 0.400. The van der Waals surface area contributed by atoms with Crippen LogP contribution in [-0.4, -0.2) is 28.6 Å². The normalized spacial score (nSPS) is 13.7. The van der Waals surface area contributed by atoms with Gasteiger partial charge < -0.3 is 10.6 Å². The average Bonchev–Trinajstić information content (AvgIpc) is 3.16. The van der Waals surface area contributed by atoms with Crippen molar-refractivity contribution in [3.63, 3.8) is 0 Å². The number of nitrogens with zero attached hydrogens (tertiary/aromatic N) is 2. The first kappa shape index (κ1) is 20.5. The Hall–Kier alpha value is -2.25. The van der Waals surface area contributed by atoms with E-state index >= 15 is 0 Å². The van der Waals surface area contributed by atoms with E-state index < -0.39 is 0 Å². The molecule has 1 aromatic carbocycles. The summed E-state index contributed by atoms with van der Waals surface area (Å²) in [6.45, 7) is 0.675. The number of hydrogen-bond donors (Lipinski definition) is 2. The van der Waals surface area contributed by atoms with E-state index in [0.29, 0.717) is 35.1 Å². The fourth-order valence-electron chi connectivity index (χ4n) is 3.00. The Kier molecular flexibility index (Phi) is 7.56. The molecule has 1 heterocycles. The summed E-state index contributed by atoms with van der Waals surface area (Å²) in [5.41, 5.74) is 2.05.